The lowest BCUT2D eigenvalue weighted by Crippen LogP contribution is -2.28. The predicted octanol–water partition coefficient (Wildman–Crippen LogP) is 2.59. The van der Waals surface area contributed by atoms with Crippen molar-refractivity contribution in [2.24, 2.45) is 7.05 Å². The van der Waals surface area contributed by atoms with Crippen LogP contribution in [0.2, 0.25) is 0 Å². The van der Waals surface area contributed by atoms with Crippen LogP contribution >= 0.6 is 0 Å². The summed E-state index contributed by atoms with van der Waals surface area (Å²) < 4.78 is 2.16. The van der Waals surface area contributed by atoms with E-state index in [2.05, 4.69) is 66.6 Å². The highest BCUT2D eigenvalue weighted by Crippen LogP contribution is 2.24. The molecule has 2 aromatic rings. The van der Waals surface area contributed by atoms with Gasteiger partial charge < -0.3 is 15.2 Å². The minimum atomic E-state index is 0.546. The molecule has 1 aromatic heterocycles. The van der Waals surface area contributed by atoms with Gasteiger partial charge in [-0.05, 0) is 6.07 Å². The van der Waals surface area contributed by atoms with Crippen molar-refractivity contribution in [2.45, 2.75) is 19.9 Å². The van der Waals surface area contributed by atoms with Gasteiger partial charge in [0.25, 0.3) is 0 Å². The number of rotatable bonds is 5. The fraction of sp³-hybridized carbons (Fsp3) is 0.429. The van der Waals surface area contributed by atoms with Crippen LogP contribution in [-0.2, 0) is 7.05 Å². The third kappa shape index (κ3) is 2.80. The van der Waals surface area contributed by atoms with Crippen LogP contribution in [0.3, 0.4) is 0 Å². The van der Waals surface area contributed by atoms with E-state index in [0.29, 0.717) is 6.04 Å². The van der Waals surface area contributed by atoms with Crippen molar-refractivity contribution in [3.8, 4) is 0 Å². The molecule has 0 bridgehead atoms. The summed E-state index contributed by atoms with van der Waals surface area (Å²) in [5, 5.41) is 8.17. The molecule has 0 aliphatic rings. The van der Waals surface area contributed by atoms with E-state index in [1.807, 2.05) is 0 Å². The maximum Gasteiger partial charge on any atom is 0.0600 e. The van der Waals surface area contributed by atoms with Gasteiger partial charge in [-0.2, -0.15) is 0 Å². The largest absolute Gasteiger partial charge is 0.382 e. The summed E-state index contributed by atoms with van der Waals surface area (Å²) in [4.78, 5) is 0. The minimum Gasteiger partial charge on any atom is -0.382 e. The van der Waals surface area contributed by atoms with E-state index in [-0.39, 0.29) is 0 Å². The molecule has 0 fully saturated rings. The normalized spacial score (nSPS) is 11.3. The molecule has 0 saturated carbocycles. The Morgan fingerprint density at radius 3 is 2.71 bits per heavy atom. The molecule has 0 aliphatic carbocycles. The highest BCUT2D eigenvalue weighted by atomic mass is 15.0. The van der Waals surface area contributed by atoms with Gasteiger partial charge in [-0.1, -0.05) is 32.0 Å². The topological polar surface area (TPSA) is 29.0 Å². The quantitative estimate of drug-likeness (QED) is 0.774. The maximum atomic E-state index is 3.48. The third-order valence-corrected chi connectivity index (χ3v) is 2.89. The molecule has 1 aromatic carbocycles. The molecule has 0 saturated heterocycles. The molecular weight excluding hydrogens is 210 g/mol. The molecule has 0 amide bonds. The Kier molecular flexibility index (Phi) is 3.69. The van der Waals surface area contributed by atoms with Crippen LogP contribution in [0.5, 0.6) is 0 Å². The number of hydrogen-bond acceptors (Lipinski definition) is 2. The standard InChI is InChI=1S/C14H21N3/c1-11(2)15-8-9-16-13-10-17(3)14-7-5-4-6-12(13)14/h4-7,10-11,15-16H,8-9H2,1-3H3. The van der Waals surface area contributed by atoms with Crippen molar-refractivity contribution >= 4 is 16.6 Å². The summed E-state index contributed by atoms with van der Waals surface area (Å²) in [6.07, 6.45) is 2.15. The summed E-state index contributed by atoms with van der Waals surface area (Å²) in [6, 6.07) is 9.01. The Bertz CT molecular complexity index is 485. The number of fused-ring (bicyclic) bond motifs is 1. The van der Waals surface area contributed by atoms with Crippen LogP contribution in [0.15, 0.2) is 30.5 Å². The maximum absolute atomic E-state index is 3.48. The SMILES string of the molecule is CC(C)NCCNc1cn(C)c2ccccc12. The van der Waals surface area contributed by atoms with Crippen LogP contribution < -0.4 is 10.6 Å². The van der Waals surface area contributed by atoms with Crippen molar-refractivity contribution in [3.63, 3.8) is 0 Å². The fourth-order valence-electron chi connectivity index (χ4n) is 2.04. The molecule has 3 heteroatoms. The Hall–Kier alpha value is -1.48. The lowest BCUT2D eigenvalue weighted by atomic mass is 10.2. The summed E-state index contributed by atoms with van der Waals surface area (Å²) in [7, 11) is 2.08. The molecule has 1 heterocycles. The minimum absolute atomic E-state index is 0.546. The second-order valence-corrected chi connectivity index (χ2v) is 4.71. The Labute approximate surface area is 103 Å². The van der Waals surface area contributed by atoms with Gasteiger partial charge in [0.1, 0.15) is 0 Å². The molecule has 0 aliphatic heterocycles. The summed E-state index contributed by atoms with van der Waals surface area (Å²) in [5.74, 6) is 0. The molecule has 17 heavy (non-hydrogen) atoms. The zero-order chi connectivity index (χ0) is 12.3. The first-order valence-corrected chi connectivity index (χ1v) is 6.20. The van der Waals surface area contributed by atoms with E-state index < -0.39 is 0 Å². The average Bonchev–Trinajstić information content (AvgIpc) is 2.63. The number of aryl methyl sites for hydroxylation is 1. The number of nitrogens with one attached hydrogen (secondary N) is 2. The van der Waals surface area contributed by atoms with Gasteiger partial charge in [-0.25, -0.2) is 0 Å². The zero-order valence-corrected chi connectivity index (χ0v) is 10.8. The lowest BCUT2D eigenvalue weighted by Gasteiger charge is -2.09. The molecule has 0 atom stereocenters. The van der Waals surface area contributed by atoms with Crippen molar-refractivity contribution < 1.29 is 0 Å². The summed E-state index contributed by atoms with van der Waals surface area (Å²) in [5.41, 5.74) is 2.49. The summed E-state index contributed by atoms with van der Waals surface area (Å²) in [6.45, 7) is 6.27. The van der Waals surface area contributed by atoms with Gasteiger partial charge in [0.15, 0.2) is 0 Å². The highest BCUT2D eigenvalue weighted by Gasteiger charge is 2.04. The van der Waals surface area contributed by atoms with Gasteiger partial charge in [-0.3, -0.25) is 0 Å². The zero-order valence-electron chi connectivity index (χ0n) is 10.8. The van der Waals surface area contributed by atoms with E-state index in [4.69, 9.17) is 0 Å². The highest BCUT2D eigenvalue weighted by molar-refractivity contribution is 5.92. The Balaban J connectivity index is 2.04. The summed E-state index contributed by atoms with van der Waals surface area (Å²) >= 11 is 0. The predicted molar refractivity (Wildman–Crippen MR) is 74.5 cm³/mol. The van der Waals surface area contributed by atoms with Crippen LogP contribution in [0.25, 0.3) is 10.9 Å². The second-order valence-electron chi connectivity index (χ2n) is 4.71. The number of hydrogen-bond donors (Lipinski definition) is 2. The van der Waals surface area contributed by atoms with Gasteiger partial charge in [0.05, 0.1) is 5.69 Å². The molecule has 0 radical (unpaired) electrons. The lowest BCUT2D eigenvalue weighted by molar-refractivity contribution is 0.602. The first kappa shape index (κ1) is 12.0. The van der Waals surface area contributed by atoms with Crippen molar-refractivity contribution in [2.75, 3.05) is 18.4 Å². The number of anilines is 1. The van der Waals surface area contributed by atoms with Gasteiger partial charge in [0, 0.05) is 43.3 Å². The number of para-hydroxylation sites is 1. The van der Waals surface area contributed by atoms with E-state index >= 15 is 0 Å². The van der Waals surface area contributed by atoms with E-state index in [1.165, 1.54) is 16.6 Å². The molecular formula is C14H21N3. The second kappa shape index (κ2) is 5.23. The molecule has 92 valence electrons. The van der Waals surface area contributed by atoms with Gasteiger partial charge in [-0.15, -0.1) is 0 Å². The number of nitrogens with zero attached hydrogens (tertiary/aromatic N) is 1. The molecule has 3 nitrogen and oxygen atoms in total. The average molecular weight is 231 g/mol. The van der Waals surface area contributed by atoms with Crippen molar-refractivity contribution in [1.82, 2.24) is 9.88 Å². The van der Waals surface area contributed by atoms with Crippen LogP contribution in [0.4, 0.5) is 5.69 Å². The van der Waals surface area contributed by atoms with E-state index in [0.717, 1.165) is 13.1 Å². The van der Waals surface area contributed by atoms with Gasteiger partial charge in [0.2, 0.25) is 0 Å². The van der Waals surface area contributed by atoms with E-state index in [1.54, 1.807) is 0 Å². The molecule has 0 spiro atoms. The Morgan fingerprint density at radius 2 is 1.94 bits per heavy atom. The smallest absolute Gasteiger partial charge is 0.0600 e. The van der Waals surface area contributed by atoms with E-state index in [9.17, 15) is 0 Å². The van der Waals surface area contributed by atoms with Crippen LogP contribution in [-0.4, -0.2) is 23.7 Å². The molecule has 2 N–H and O–H groups in total. The van der Waals surface area contributed by atoms with Crippen LogP contribution in [0, 0.1) is 0 Å². The van der Waals surface area contributed by atoms with Crippen molar-refractivity contribution in [3.05, 3.63) is 30.5 Å². The molecule has 0 unspecified atom stereocenters. The molecule has 2 rings (SSSR count). The monoisotopic (exact) mass is 231 g/mol. The van der Waals surface area contributed by atoms with Crippen molar-refractivity contribution in [1.29, 1.82) is 0 Å². The third-order valence-electron chi connectivity index (χ3n) is 2.89. The number of benzene rings is 1. The first-order valence-electron chi connectivity index (χ1n) is 6.20. The van der Waals surface area contributed by atoms with Crippen LogP contribution in [0.1, 0.15) is 13.8 Å². The number of aromatic nitrogens is 1. The van der Waals surface area contributed by atoms with Gasteiger partial charge >= 0.3 is 0 Å². The fourth-order valence-corrected chi connectivity index (χ4v) is 2.04. The first-order chi connectivity index (χ1) is 8.18. The Morgan fingerprint density at radius 1 is 1.18 bits per heavy atom.